The van der Waals surface area contributed by atoms with Crippen molar-refractivity contribution in [2.75, 3.05) is 5.73 Å². The van der Waals surface area contributed by atoms with Gasteiger partial charge in [0.2, 0.25) is 0 Å². The molecule has 0 heterocycles. The number of hydrogen-bond donors (Lipinski definition) is 2. The second-order valence-electron chi connectivity index (χ2n) is 6.32. The van der Waals surface area contributed by atoms with Gasteiger partial charge in [0.25, 0.3) is 0 Å². The minimum atomic E-state index is -0.591. The number of fused-ring (bicyclic) bond motifs is 1. The van der Waals surface area contributed by atoms with E-state index in [1.807, 2.05) is 18.2 Å². The molecular formula is C18H29NO. The van der Waals surface area contributed by atoms with Crippen LogP contribution in [0.4, 0.5) is 5.69 Å². The van der Waals surface area contributed by atoms with E-state index < -0.39 is 5.60 Å². The van der Waals surface area contributed by atoms with E-state index in [9.17, 15) is 5.11 Å². The molecule has 1 aromatic rings. The van der Waals surface area contributed by atoms with Crippen LogP contribution in [0.5, 0.6) is 0 Å². The fourth-order valence-electron chi connectivity index (χ4n) is 3.38. The van der Waals surface area contributed by atoms with Crippen molar-refractivity contribution in [3.05, 3.63) is 29.3 Å². The van der Waals surface area contributed by atoms with E-state index in [1.54, 1.807) is 0 Å². The minimum Gasteiger partial charge on any atom is -0.399 e. The van der Waals surface area contributed by atoms with Crippen LogP contribution in [0.25, 0.3) is 0 Å². The summed E-state index contributed by atoms with van der Waals surface area (Å²) in [4.78, 5) is 0. The van der Waals surface area contributed by atoms with Gasteiger partial charge in [0.05, 0.1) is 5.60 Å². The molecule has 1 unspecified atom stereocenters. The number of nitrogens with two attached hydrogens (primary N) is 1. The second-order valence-corrected chi connectivity index (χ2v) is 6.32. The Morgan fingerprint density at radius 2 is 1.80 bits per heavy atom. The van der Waals surface area contributed by atoms with Crippen molar-refractivity contribution in [3.63, 3.8) is 0 Å². The molecule has 0 amide bonds. The van der Waals surface area contributed by atoms with Gasteiger partial charge in [-0.15, -0.1) is 0 Å². The van der Waals surface area contributed by atoms with Gasteiger partial charge in [-0.2, -0.15) is 0 Å². The van der Waals surface area contributed by atoms with Crippen LogP contribution in [0.15, 0.2) is 18.2 Å². The molecule has 112 valence electrons. The molecule has 2 nitrogen and oxygen atoms in total. The van der Waals surface area contributed by atoms with Crippen molar-refractivity contribution in [2.45, 2.75) is 76.7 Å². The third kappa shape index (κ3) is 3.76. The van der Waals surface area contributed by atoms with E-state index in [-0.39, 0.29) is 0 Å². The fourth-order valence-corrected chi connectivity index (χ4v) is 3.38. The quantitative estimate of drug-likeness (QED) is 0.540. The van der Waals surface area contributed by atoms with Gasteiger partial charge in [0, 0.05) is 5.69 Å². The summed E-state index contributed by atoms with van der Waals surface area (Å²) < 4.78 is 0. The Labute approximate surface area is 123 Å². The zero-order chi connectivity index (χ0) is 14.4. The molecule has 0 aromatic heterocycles. The predicted molar refractivity (Wildman–Crippen MR) is 85.7 cm³/mol. The van der Waals surface area contributed by atoms with Crippen molar-refractivity contribution < 1.29 is 5.11 Å². The molecule has 1 aromatic carbocycles. The molecule has 0 saturated carbocycles. The van der Waals surface area contributed by atoms with Crippen molar-refractivity contribution in [1.29, 1.82) is 0 Å². The Kier molecular flexibility index (Phi) is 5.47. The molecule has 0 aliphatic heterocycles. The summed E-state index contributed by atoms with van der Waals surface area (Å²) in [7, 11) is 0. The van der Waals surface area contributed by atoms with Crippen LogP contribution in [0.3, 0.4) is 0 Å². The molecule has 1 aliphatic carbocycles. The lowest BCUT2D eigenvalue weighted by Gasteiger charge is -2.24. The van der Waals surface area contributed by atoms with Gasteiger partial charge in [-0.25, -0.2) is 0 Å². The predicted octanol–water partition coefficient (Wildman–Crippen LogP) is 4.54. The smallest absolute Gasteiger partial charge is 0.0902 e. The van der Waals surface area contributed by atoms with Crippen LogP contribution in [0.2, 0.25) is 0 Å². The van der Waals surface area contributed by atoms with Crippen molar-refractivity contribution in [1.82, 2.24) is 0 Å². The lowest BCUT2D eigenvalue weighted by Crippen LogP contribution is -2.22. The van der Waals surface area contributed by atoms with Gasteiger partial charge in [-0.1, -0.05) is 57.9 Å². The van der Waals surface area contributed by atoms with Gasteiger partial charge in [-0.3, -0.25) is 0 Å². The molecule has 0 radical (unpaired) electrons. The molecule has 0 fully saturated rings. The van der Waals surface area contributed by atoms with Gasteiger partial charge < -0.3 is 10.8 Å². The van der Waals surface area contributed by atoms with Crippen LogP contribution < -0.4 is 5.73 Å². The van der Waals surface area contributed by atoms with Crippen molar-refractivity contribution in [2.24, 2.45) is 0 Å². The minimum absolute atomic E-state index is 0.591. The number of anilines is 1. The van der Waals surface area contributed by atoms with Gasteiger partial charge in [0.1, 0.15) is 0 Å². The van der Waals surface area contributed by atoms with E-state index >= 15 is 0 Å². The summed E-state index contributed by atoms with van der Waals surface area (Å²) in [6.45, 7) is 2.25. The number of rotatable bonds is 8. The first-order chi connectivity index (χ1) is 9.65. The molecule has 3 N–H and O–H groups in total. The Bertz CT molecular complexity index is 429. The SMILES string of the molecule is CCCCCCCCCC1(O)CCc2cc(N)ccc21. The van der Waals surface area contributed by atoms with Crippen LogP contribution in [0, 0.1) is 0 Å². The average molecular weight is 275 g/mol. The van der Waals surface area contributed by atoms with E-state index in [0.29, 0.717) is 0 Å². The standard InChI is InChI=1S/C18H29NO/c1-2-3-4-5-6-7-8-12-18(20)13-11-15-14-16(19)9-10-17(15)18/h9-10,14,20H,2-8,11-13,19H2,1H3. The third-order valence-electron chi connectivity index (χ3n) is 4.63. The van der Waals surface area contributed by atoms with Gasteiger partial charge >= 0.3 is 0 Å². The lowest BCUT2D eigenvalue weighted by molar-refractivity contribution is 0.0267. The molecular weight excluding hydrogens is 246 g/mol. The molecule has 0 spiro atoms. The highest BCUT2D eigenvalue weighted by Gasteiger charge is 2.35. The number of benzene rings is 1. The highest BCUT2D eigenvalue weighted by Crippen LogP contribution is 2.41. The van der Waals surface area contributed by atoms with Crippen LogP contribution in [-0.4, -0.2) is 5.11 Å². The summed E-state index contributed by atoms with van der Waals surface area (Å²) >= 11 is 0. The average Bonchev–Trinajstić information content (AvgIpc) is 2.75. The summed E-state index contributed by atoms with van der Waals surface area (Å²) in [5.41, 5.74) is 8.40. The maximum absolute atomic E-state index is 10.8. The molecule has 1 atom stereocenters. The highest BCUT2D eigenvalue weighted by atomic mass is 16.3. The highest BCUT2D eigenvalue weighted by molar-refractivity contribution is 5.48. The monoisotopic (exact) mass is 275 g/mol. The van der Waals surface area contributed by atoms with E-state index in [4.69, 9.17) is 5.73 Å². The van der Waals surface area contributed by atoms with Gasteiger partial charge in [-0.05, 0) is 42.5 Å². The zero-order valence-corrected chi connectivity index (χ0v) is 12.8. The van der Waals surface area contributed by atoms with Crippen molar-refractivity contribution >= 4 is 5.69 Å². The summed E-state index contributed by atoms with van der Waals surface area (Å²) in [6.07, 6.45) is 11.8. The first-order valence-electron chi connectivity index (χ1n) is 8.27. The molecule has 0 bridgehead atoms. The first kappa shape index (κ1) is 15.4. The number of unbranched alkanes of at least 4 members (excludes halogenated alkanes) is 6. The molecule has 2 heteroatoms. The fraction of sp³-hybridized carbons (Fsp3) is 0.667. The topological polar surface area (TPSA) is 46.2 Å². The Morgan fingerprint density at radius 1 is 1.10 bits per heavy atom. The molecule has 0 saturated heterocycles. The Hall–Kier alpha value is -1.02. The Morgan fingerprint density at radius 3 is 2.55 bits per heavy atom. The molecule has 2 rings (SSSR count). The summed E-state index contributed by atoms with van der Waals surface area (Å²) in [5.74, 6) is 0. The Balaban J connectivity index is 1.77. The number of aliphatic hydroxyl groups is 1. The number of aryl methyl sites for hydroxylation is 1. The van der Waals surface area contributed by atoms with Crippen LogP contribution in [0.1, 0.15) is 75.8 Å². The lowest BCUT2D eigenvalue weighted by atomic mass is 9.89. The summed E-state index contributed by atoms with van der Waals surface area (Å²) in [5, 5.41) is 10.8. The first-order valence-corrected chi connectivity index (χ1v) is 8.27. The molecule has 20 heavy (non-hydrogen) atoms. The molecule has 1 aliphatic rings. The largest absolute Gasteiger partial charge is 0.399 e. The van der Waals surface area contributed by atoms with Crippen LogP contribution >= 0.6 is 0 Å². The maximum atomic E-state index is 10.8. The van der Waals surface area contributed by atoms with E-state index in [1.165, 1.54) is 44.1 Å². The third-order valence-corrected chi connectivity index (χ3v) is 4.63. The number of hydrogen-bond acceptors (Lipinski definition) is 2. The van der Waals surface area contributed by atoms with E-state index in [2.05, 4.69) is 6.92 Å². The second kappa shape index (κ2) is 7.12. The maximum Gasteiger partial charge on any atom is 0.0902 e. The van der Waals surface area contributed by atoms with E-state index in [0.717, 1.165) is 36.9 Å². The zero-order valence-electron chi connectivity index (χ0n) is 12.8. The van der Waals surface area contributed by atoms with Crippen LogP contribution in [-0.2, 0) is 12.0 Å². The summed E-state index contributed by atoms with van der Waals surface area (Å²) in [6, 6.07) is 5.97. The van der Waals surface area contributed by atoms with Crippen molar-refractivity contribution in [3.8, 4) is 0 Å². The number of nitrogen functional groups attached to an aromatic ring is 1. The normalized spacial score (nSPS) is 21.1. The van der Waals surface area contributed by atoms with Gasteiger partial charge in [0.15, 0.2) is 0 Å².